The van der Waals surface area contributed by atoms with Gasteiger partial charge in [-0.15, -0.1) is 0 Å². The van der Waals surface area contributed by atoms with E-state index in [4.69, 9.17) is 0 Å². The average Bonchev–Trinajstić information content (AvgIpc) is 2.81. The van der Waals surface area contributed by atoms with Gasteiger partial charge in [0.25, 0.3) is 0 Å². The number of hydrogen-bond acceptors (Lipinski definition) is 4. The van der Waals surface area contributed by atoms with Crippen LogP contribution in [0.5, 0.6) is 0 Å². The smallest absolute Gasteiger partial charge is 0.244 e. The highest BCUT2D eigenvalue weighted by Gasteiger charge is 2.24. The molecule has 1 unspecified atom stereocenters. The van der Waals surface area contributed by atoms with Gasteiger partial charge >= 0.3 is 0 Å². The maximum atomic E-state index is 12.3. The van der Waals surface area contributed by atoms with Gasteiger partial charge in [-0.2, -0.15) is 5.10 Å². The van der Waals surface area contributed by atoms with Crippen LogP contribution in [0.15, 0.2) is 11.1 Å². The van der Waals surface area contributed by atoms with Crippen LogP contribution in [-0.2, 0) is 10.0 Å². The van der Waals surface area contributed by atoms with Crippen LogP contribution >= 0.6 is 0 Å². The van der Waals surface area contributed by atoms with Crippen LogP contribution in [0.1, 0.15) is 32.4 Å². The van der Waals surface area contributed by atoms with E-state index in [0.717, 1.165) is 12.8 Å². The zero-order valence-electron chi connectivity index (χ0n) is 13.0. The monoisotopic (exact) mass is 302 g/mol. The lowest BCUT2D eigenvalue weighted by Gasteiger charge is -2.31. The molecule has 0 aliphatic carbocycles. The van der Waals surface area contributed by atoms with Gasteiger partial charge in [0.1, 0.15) is 4.90 Å². The Balaban J connectivity index is 2.80. The number of sulfonamides is 1. The van der Waals surface area contributed by atoms with E-state index in [1.807, 2.05) is 14.1 Å². The molecule has 0 aliphatic rings. The third kappa shape index (κ3) is 4.04. The van der Waals surface area contributed by atoms with E-state index in [-0.39, 0.29) is 10.9 Å². The second-order valence-corrected chi connectivity index (χ2v) is 7.05. The van der Waals surface area contributed by atoms with E-state index in [0.29, 0.717) is 18.2 Å². The average molecular weight is 302 g/mol. The molecule has 0 fully saturated rings. The molecule has 0 saturated heterocycles. The first-order valence-corrected chi connectivity index (χ1v) is 8.47. The molecule has 1 atom stereocenters. The molecule has 0 bridgehead atoms. The third-order valence-electron chi connectivity index (χ3n) is 3.81. The summed E-state index contributed by atoms with van der Waals surface area (Å²) in [5.41, 5.74) is 0.557. The SMILES string of the molecule is CCC(CC)C(CNS(=O)(=O)c1cn[nH]c1C)N(C)C. The topological polar surface area (TPSA) is 78.1 Å². The van der Waals surface area contributed by atoms with E-state index in [1.54, 1.807) is 6.92 Å². The summed E-state index contributed by atoms with van der Waals surface area (Å²) in [6.45, 7) is 6.39. The minimum absolute atomic E-state index is 0.187. The van der Waals surface area contributed by atoms with Crippen molar-refractivity contribution in [2.75, 3.05) is 20.6 Å². The fourth-order valence-electron chi connectivity index (χ4n) is 2.49. The van der Waals surface area contributed by atoms with Crippen LogP contribution in [0.2, 0.25) is 0 Å². The normalized spacial score (nSPS) is 14.2. The Labute approximate surface area is 122 Å². The van der Waals surface area contributed by atoms with E-state index in [2.05, 4.69) is 33.7 Å². The van der Waals surface area contributed by atoms with Crippen LogP contribution in [0.4, 0.5) is 0 Å². The third-order valence-corrected chi connectivity index (χ3v) is 5.35. The molecule has 20 heavy (non-hydrogen) atoms. The number of H-pyrrole nitrogens is 1. The predicted molar refractivity (Wildman–Crippen MR) is 80.1 cm³/mol. The van der Waals surface area contributed by atoms with Gasteiger partial charge in [-0.05, 0) is 26.9 Å². The number of aryl methyl sites for hydroxylation is 1. The largest absolute Gasteiger partial charge is 0.305 e. The van der Waals surface area contributed by atoms with Crippen molar-refractivity contribution in [1.82, 2.24) is 19.8 Å². The summed E-state index contributed by atoms with van der Waals surface area (Å²) in [5, 5.41) is 6.41. The van der Waals surface area contributed by atoms with Crippen molar-refractivity contribution in [3.63, 3.8) is 0 Å². The molecule has 116 valence electrons. The van der Waals surface area contributed by atoms with E-state index < -0.39 is 10.0 Å². The molecule has 0 radical (unpaired) electrons. The van der Waals surface area contributed by atoms with Gasteiger partial charge in [-0.3, -0.25) is 5.10 Å². The molecule has 1 rings (SSSR count). The van der Waals surface area contributed by atoms with Crippen molar-refractivity contribution >= 4 is 10.0 Å². The summed E-state index contributed by atoms with van der Waals surface area (Å²) in [6.07, 6.45) is 3.41. The molecule has 0 spiro atoms. The summed E-state index contributed by atoms with van der Waals surface area (Å²) in [5.74, 6) is 0.471. The summed E-state index contributed by atoms with van der Waals surface area (Å²) in [6, 6.07) is 0.187. The number of aromatic nitrogens is 2. The Kier molecular flexibility index (Phi) is 6.16. The Morgan fingerprint density at radius 2 is 1.95 bits per heavy atom. The minimum atomic E-state index is -3.50. The fourth-order valence-corrected chi connectivity index (χ4v) is 3.67. The van der Waals surface area contributed by atoms with E-state index in [9.17, 15) is 8.42 Å². The molecule has 6 nitrogen and oxygen atoms in total. The fraction of sp³-hybridized carbons (Fsp3) is 0.769. The van der Waals surface area contributed by atoms with Gasteiger partial charge in [0.05, 0.1) is 11.9 Å². The number of hydrogen-bond donors (Lipinski definition) is 2. The van der Waals surface area contributed by atoms with Gasteiger partial charge in [-0.25, -0.2) is 13.1 Å². The Morgan fingerprint density at radius 1 is 1.35 bits per heavy atom. The van der Waals surface area contributed by atoms with Gasteiger partial charge in [0.15, 0.2) is 0 Å². The molecule has 0 amide bonds. The van der Waals surface area contributed by atoms with Crippen molar-refractivity contribution in [3.8, 4) is 0 Å². The van der Waals surface area contributed by atoms with E-state index >= 15 is 0 Å². The predicted octanol–water partition coefficient (Wildman–Crippen LogP) is 1.36. The number of nitrogens with zero attached hydrogens (tertiary/aromatic N) is 2. The van der Waals surface area contributed by atoms with Crippen LogP contribution in [0, 0.1) is 12.8 Å². The quantitative estimate of drug-likeness (QED) is 0.760. The maximum Gasteiger partial charge on any atom is 0.244 e. The summed E-state index contributed by atoms with van der Waals surface area (Å²) in [7, 11) is 0.476. The van der Waals surface area contributed by atoms with Gasteiger partial charge in [0.2, 0.25) is 10.0 Å². The molecule has 0 saturated carbocycles. The van der Waals surface area contributed by atoms with Crippen LogP contribution in [0.3, 0.4) is 0 Å². The number of rotatable bonds is 8. The number of nitrogens with one attached hydrogen (secondary N) is 2. The van der Waals surface area contributed by atoms with Crippen molar-refractivity contribution in [2.24, 2.45) is 5.92 Å². The molecule has 2 N–H and O–H groups in total. The molecular formula is C13H26N4O2S. The minimum Gasteiger partial charge on any atom is -0.305 e. The number of likely N-dealkylation sites (N-methyl/N-ethyl adjacent to an activating group) is 1. The first-order valence-electron chi connectivity index (χ1n) is 6.99. The molecule has 1 heterocycles. The molecule has 1 aromatic heterocycles. The van der Waals surface area contributed by atoms with Crippen molar-refractivity contribution in [1.29, 1.82) is 0 Å². The lowest BCUT2D eigenvalue weighted by Crippen LogP contribution is -2.44. The van der Waals surface area contributed by atoms with Gasteiger partial charge in [-0.1, -0.05) is 26.7 Å². The standard InChI is InChI=1S/C13H26N4O2S/c1-6-11(7-2)12(17(4)5)8-15-20(18,19)13-9-14-16-10(13)3/h9,11-12,15H,6-8H2,1-5H3,(H,14,16). The molecule has 0 aromatic carbocycles. The first kappa shape index (κ1) is 17.1. The lowest BCUT2D eigenvalue weighted by atomic mass is 9.93. The van der Waals surface area contributed by atoms with E-state index in [1.165, 1.54) is 6.20 Å². The summed E-state index contributed by atoms with van der Waals surface area (Å²) >= 11 is 0. The highest BCUT2D eigenvalue weighted by atomic mass is 32.2. The molecule has 1 aromatic rings. The Hall–Kier alpha value is -0.920. The van der Waals surface area contributed by atoms with Crippen LogP contribution < -0.4 is 4.72 Å². The maximum absolute atomic E-state index is 12.3. The second kappa shape index (κ2) is 7.19. The number of aromatic amines is 1. The summed E-state index contributed by atoms with van der Waals surface area (Å²) < 4.78 is 27.2. The Morgan fingerprint density at radius 3 is 2.35 bits per heavy atom. The first-order chi connectivity index (χ1) is 9.33. The van der Waals surface area contributed by atoms with Gasteiger partial charge in [0, 0.05) is 12.6 Å². The van der Waals surface area contributed by atoms with Crippen molar-refractivity contribution < 1.29 is 8.42 Å². The van der Waals surface area contributed by atoms with Gasteiger partial charge < -0.3 is 4.90 Å². The summed E-state index contributed by atoms with van der Waals surface area (Å²) in [4.78, 5) is 2.31. The highest BCUT2D eigenvalue weighted by molar-refractivity contribution is 7.89. The lowest BCUT2D eigenvalue weighted by molar-refractivity contribution is 0.201. The highest BCUT2D eigenvalue weighted by Crippen LogP contribution is 2.17. The molecule has 7 heteroatoms. The van der Waals surface area contributed by atoms with Crippen LogP contribution in [0.25, 0.3) is 0 Å². The van der Waals surface area contributed by atoms with Crippen molar-refractivity contribution in [3.05, 3.63) is 11.9 Å². The zero-order chi connectivity index (χ0) is 15.3. The Bertz CT molecular complexity index is 506. The molecule has 0 aliphatic heterocycles. The van der Waals surface area contributed by atoms with Crippen LogP contribution in [-0.4, -0.2) is 50.2 Å². The second-order valence-electron chi connectivity index (χ2n) is 5.32. The zero-order valence-corrected chi connectivity index (χ0v) is 13.8. The molecular weight excluding hydrogens is 276 g/mol. The van der Waals surface area contributed by atoms with Crippen molar-refractivity contribution in [2.45, 2.75) is 44.6 Å².